The van der Waals surface area contributed by atoms with Crippen molar-refractivity contribution in [3.05, 3.63) is 89.7 Å². The average molecular weight is 331 g/mol. The number of rotatable bonds is 5. The number of benzene rings is 2. The second-order valence-electron chi connectivity index (χ2n) is 6.23. The lowest BCUT2D eigenvalue weighted by molar-refractivity contribution is 0.306. The van der Waals surface area contributed by atoms with Gasteiger partial charge in [0.1, 0.15) is 12.4 Å². The van der Waals surface area contributed by atoms with Crippen molar-refractivity contribution in [3.63, 3.8) is 0 Å². The molecule has 2 N–H and O–H groups in total. The number of aromatic nitrogens is 1. The third-order valence-corrected chi connectivity index (χ3v) is 4.64. The fourth-order valence-corrected chi connectivity index (χ4v) is 3.37. The molecule has 4 rings (SSSR count). The SMILES string of the molecule is NCC1c2cc(OCc3ccccc3)ccc2CN1c1cccnc1. The van der Waals surface area contributed by atoms with Gasteiger partial charge in [0, 0.05) is 19.3 Å². The number of nitrogens with two attached hydrogens (primary N) is 1. The van der Waals surface area contributed by atoms with Crippen LogP contribution in [0.3, 0.4) is 0 Å². The van der Waals surface area contributed by atoms with Gasteiger partial charge in [-0.3, -0.25) is 4.98 Å². The van der Waals surface area contributed by atoms with E-state index in [1.165, 1.54) is 11.1 Å². The summed E-state index contributed by atoms with van der Waals surface area (Å²) in [4.78, 5) is 6.54. The number of ether oxygens (including phenoxy) is 1. The Bertz CT molecular complexity index is 836. The standard InChI is InChI=1S/C21H21N3O/c22-12-21-20-11-19(25-15-16-5-2-1-3-6-16)9-8-17(20)14-24(21)18-7-4-10-23-13-18/h1-11,13,21H,12,14-15,22H2. The maximum Gasteiger partial charge on any atom is 0.120 e. The number of pyridine rings is 1. The maximum atomic E-state index is 6.09. The molecule has 0 fully saturated rings. The molecular formula is C21H21N3O. The number of fused-ring (bicyclic) bond motifs is 1. The Balaban J connectivity index is 1.55. The minimum atomic E-state index is 0.152. The van der Waals surface area contributed by atoms with Crippen LogP contribution in [0.2, 0.25) is 0 Å². The summed E-state index contributed by atoms with van der Waals surface area (Å²) in [6.07, 6.45) is 3.68. The summed E-state index contributed by atoms with van der Waals surface area (Å²) in [5.41, 5.74) is 10.9. The van der Waals surface area contributed by atoms with E-state index in [9.17, 15) is 0 Å². The third kappa shape index (κ3) is 3.21. The third-order valence-electron chi connectivity index (χ3n) is 4.64. The van der Waals surface area contributed by atoms with Gasteiger partial charge in [0.15, 0.2) is 0 Å². The fraction of sp³-hybridized carbons (Fsp3) is 0.190. The van der Waals surface area contributed by atoms with E-state index >= 15 is 0 Å². The van der Waals surface area contributed by atoms with Gasteiger partial charge in [-0.15, -0.1) is 0 Å². The van der Waals surface area contributed by atoms with Crippen molar-refractivity contribution in [2.24, 2.45) is 5.73 Å². The zero-order chi connectivity index (χ0) is 17.1. The molecule has 0 bridgehead atoms. The van der Waals surface area contributed by atoms with E-state index in [0.29, 0.717) is 13.2 Å². The molecule has 0 aliphatic carbocycles. The van der Waals surface area contributed by atoms with Gasteiger partial charge in [0.2, 0.25) is 0 Å². The molecule has 4 nitrogen and oxygen atoms in total. The highest BCUT2D eigenvalue weighted by molar-refractivity contribution is 5.55. The molecule has 1 unspecified atom stereocenters. The topological polar surface area (TPSA) is 51.4 Å². The molecule has 0 radical (unpaired) electrons. The fourth-order valence-electron chi connectivity index (χ4n) is 3.37. The van der Waals surface area contributed by atoms with Crippen molar-refractivity contribution in [1.29, 1.82) is 0 Å². The number of nitrogens with zero attached hydrogens (tertiary/aromatic N) is 2. The van der Waals surface area contributed by atoms with E-state index in [1.54, 1.807) is 6.20 Å². The first kappa shape index (κ1) is 15.7. The van der Waals surface area contributed by atoms with Crippen LogP contribution in [0.1, 0.15) is 22.7 Å². The van der Waals surface area contributed by atoms with Crippen LogP contribution in [-0.2, 0) is 13.2 Å². The van der Waals surface area contributed by atoms with Crippen LogP contribution in [0.5, 0.6) is 5.75 Å². The van der Waals surface area contributed by atoms with Crippen molar-refractivity contribution < 1.29 is 4.74 Å². The number of hydrogen-bond donors (Lipinski definition) is 1. The summed E-state index contributed by atoms with van der Waals surface area (Å²) >= 11 is 0. The van der Waals surface area contributed by atoms with E-state index in [0.717, 1.165) is 23.5 Å². The molecule has 0 saturated carbocycles. The van der Waals surface area contributed by atoms with Gasteiger partial charge >= 0.3 is 0 Å². The first-order valence-corrected chi connectivity index (χ1v) is 8.51. The summed E-state index contributed by atoms with van der Waals surface area (Å²) in [5.74, 6) is 0.883. The van der Waals surface area contributed by atoms with Crippen LogP contribution in [0.15, 0.2) is 73.1 Å². The van der Waals surface area contributed by atoms with Gasteiger partial charge in [-0.05, 0) is 41.0 Å². The molecule has 2 aromatic carbocycles. The number of anilines is 1. The zero-order valence-electron chi connectivity index (χ0n) is 14.0. The molecule has 0 saturated heterocycles. The van der Waals surface area contributed by atoms with Gasteiger partial charge in [-0.2, -0.15) is 0 Å². The summed E-state index contributed by atoms with van der Waals surface area (Å²) < 4.78 is 5.98. The molecule has 0 amide bonds. The van der Waals surface area contributed by atoms with E-state index in [1.807, 2.05) is 36.5 Å². The van der Waals surface area contributed by atoms with Crippen LogP contribution in [0, 0.1) is 0 Å². The van der Waals surface area contributed by atoms with Gasteiger partial charge in [-0.25, -0.2) is 0 Å². The van der Waals surface area contributed by atoms with Crippen molar-refractivity contribution >= 4 is 5.69 Å². The monoisotopic (exact) mass is 331 g/mol. The molecule has 1 aromatic heterocycles. The Hall–Kier alpha value is -2.85. The molecule has 25 heavy (non-hydrogen) atoms. The molecule has 3 aromatic rings. The first-order chi connectivity index (χ1) is 12.3. The first-order valence-electron chi connectivity index (χ1n) is 8.51. The summed E-state index contributed by atoms with van der Waals surface area (Å²) in [7, 11) is 0. The molecule has 126 valence electrons. The minimum absolute atomic E-state index is 0.152. The van der Waals surface area contributed by atoms with Crippen LogP contribution in [0.4, 0.5) is 5.69 Å². The lowest BCUT2D eigenvalue weighted by Gasteiger charge is -2.25. The van der Waals surface area contributed by atoms with Crippen LogP contribution < -0.4 is 15.4 Å². The van der Waals surface area contributed by atoms with Crippen molar-refractivity contribution in [3.8, 4) is 5.75 Å². The smallest absolute Gasteiger partial charge is 0.120 e. The lowest BCUT2D eigenvalue weighted by Crippen LogP contribution is -2.27. The van der Waals surface area contributed by atoms with Crippen LogP contribution in [-0.4, -0.2) is 11.5 Å². The van der Waals surface area contributed by atoms with Crippen molar-refractivity contribution in [1.82, 2.24) is 4.98 Å². The van der Waals surface area contributed by atoms with Crippen LogP contribution >= 0.6 is 0 Å². The van der Waals surface area contributed by atoms with E-state index in [4.69, 9.17) is 10.5 Å². The Morgan fingerprint density at radius 3 is 2.72 bits per heavy atom. The molecule has 1 aliphatic heterocycles. The number of hydrogen-bond acceptors (Lipinski definition) is 4. The van der Waals surface area contributed by atoms with Gasteiger partial charge in [0.25, 0.3) is 0 Å². The van der Waals surface area contributed by atoms with Gasteiger partial charge < -0.3 is 15.4 Å². The quantitative estimate of drug-likeness (QED) is 0.775. The molecule has 1 aliphatic rings. The maximum absolute atomic E-state index is 6.09. The Kier molecular flexibility index (Phi) is 4.36. The summed E-state index contributed by atoms with van der Waals surface area (Å²) in [6.45, 7) is 1.98. The molecule has 2 heterocycles. The zero-order valence-corrected chi connectivity index (χ0v) is 14.0. The predicted octanol–water partition coefficient (Wildman–Crippen LogP) is 3.68. The lowest BCUT2D eigenvalue weighted by atomic mass is 10.0. The normalized spacial score (nSPS) is 15.9. The van der Waals surface area contributed by atoms with E-state index in [2.05, 4.69) is 40.2 Å². The second-order valence-corrected chi connectivity index (χ2v) is 6.23. The minimum Gasteiger partial charge on any atom is -0.489 e. The largest absolute Gasteiger partial charge is 0.489 e. The predicted molar refractivity (Wildman–Crippen MR) is 99.4 cm³/mol. The Morgan fingerprint density at radius 1 is 1.08 bits per heavy atom. The Labute approximate surface area is 147 Å². The van der Waals surface area contributed by atoms with E-state index in [-0.39, 0.29) is 6.04 Å². The van der Waals surface area contributed by atoms with Gasteiger partial charge in [-0.1, -0.05) is 36.4 Å². The molecular weight excluding hydrogens is 310 g/mol. The average Bonchev–Trinajstić information content (AvgIpc) is 3.05. The van der Waals surface area contributed by atoms with Crippen molar-refractivity contribution in [2.45, 2.75) is 19.2 Å². The molecule has 4 heteroatoms. The molecule has 1 atom stereocenters. The Morgan fingerprint density at radius 2 is 1.96 bits per heavy atom. The highest BCUT2D eigenvalue weighted by atomic mass is 16.5. The van der Waals surface area contributed by atoms with Gasteiger partial charge in [0.05, 0.1) is 17.9 Å². The summed E-state index contributed by atoms with van der Waals surface area (Å²) in [6, 6.07) is 20.7. The molecule has 0 spiro atoms. The summed E-state index contributed by atoms with van der Waals surface area (Å²) in [5, 5.41) is 0. The van der Waals surface area contributed by atoms with Crippen molar-refractivity contribution in [2.75, 3.05) is 11.4 Å². The highest BCUT2D eigenvalue weighted by Gasteiger charge is 2.29. The van der Waals surface area contributed by atoms with Crippen LogP contribution in [0.25, 0.3) is 0 Å². The van der Waals surface area contributed by atoms with E-state index < -0.39 is 0 Å². The highest BCUT2D eigenvalue weighted by Crippen LogP contribution is 2.38. The second kappa shape index (κ2) is 6.95.